The Morgan fingerprint density at radius 3 is 2.19 bits per heavy atom. The maximum Gasteiger partial charge on any atom is 0.185 e. The third-order valence-corrected chi connectivity index (χ3v) is 4.29. The van der Waals surface area contributed by atoms with Gasteiger partial charge in [0, 0.05) is 10.6 Å². The molecule has 2 aromatic rings. The highest BCUT2D eigenvalue weighted by Gasteiger charge is 2.10. The van der Waals surface area contributed by atoms with Crippen LogP contribution in [0.15, 0.2) is 48.5 Å². The van der Waals surface area contributed by atoms with Gasteiger partial charge < -0.3 is 9.47 Å². The van der Waals surface area contributed by atoms with Gasteiger partial charge in [-0.25, -0.2) is 0 Å². The smallest absolute Gasteiger partial charge is 0.185 e. The summed E-state index contributed by atoms with van der Waals surface area (Å²) in [7, 11) is 0. The fourth-order valence-electron chi connectivity index (χ4n) is 2.39. The number of ether oxygens (including phenoxy) is 2. The number of rotatable bonds is 11. The molecule has 144 valence electrons. The molecule has 0 aromatic heterocycles. The zero-order valence-electron chi connectivity index (χ0n) is 16.0. The molecular formula is C23H27ClO3. The lowest BCUT2D eigenvalue weighted by atomic mass is 10.1. The van der Waals surface area contributed by atoms with Crippen LogP contribution in [0.4, 0.5) is 0 Å². The van der Waals surface area contributed by atoms with Crippen molar-refractivity contribution in [1.29, 1.82) is 0 Å². The van der Waals surface area contributed by atoms with Crippen molar-refractivity contribution in [2.75, 3.05) is 13.2 Å². The third-order valence-electron chi connectivity index (χ3n) is 4.04. The fraction of sp³-hybridized carbons (Fsp3) is 0.348. The summed E-state index contributed by atoms with van der Waals surface area (Å²) in [5, 5.41) is 0.672. The standard InChI is InChI=1S/C23H27ClO3/c1-3-5-15-26-22-14-10-19(17-23(22)27-16-6-4-2)21(25)13-9-18-7-11-20(24)12-8-18/h7-14,17H,3-6,15-16H2,1-2H3/b13-9+. The van der Waals surface area contributed by atoms with E-state index in [2.05, 4.69) is 13.8 Å². The Kier molecular flexibility index (Phi) is 8.93. The minimum Gasteiger partial charge on any atom is -0.490 e. The first-order chi connectivity index (χ1) is 13.1. The zero-order valence-corrected chi connectivity index (χ0v) is 16.8. The van der Waals surface area contributed by atoms with Crippen molar-refractivity contribution in [3.05, 3.63) is 64.7 Å². The summed E-state index contributed by atoms with van der Waals surface area (Å²) in [5.74, 6) is 1.24. The van der Waals surface area contributed by atoms with E-state index >= 15 is 0 Å². The van der Waals surface area contributed by atoms with Gasteiger partial charge in [0.1, 0.15) is 0 Å². The molecule has 0 saturated heterocycles. The monoisotopic (exact) mass is 386 g/mol. The van der Waals surface area contributed by atoms with E-state index in [0.29, 0.717) is 35.3 Å². The number of carbonyl (C=O) groups is 1. The van der Waals surface area contributed by atoms with Crippen molar-refractivity contribution in [2.24, 2.45) is 0 Å². The van der Waals surface area contributed by atoms with E-state index in [1.54, 1.807) is 36.4 Å². The largest absolute Gasteiger partial charge is 0.490 e. The van der Waals surface area contributed by atoms with Crippen molar-refractivity contribution >= 4 is 23.5 Å². The molecule has 0 heterocycles. The van der Waals surface area contributed by atoms with Crippen LogP contribution in [0.5, 0.6) is 11.5 Å². The van der Waals surface area contributed by atoms with Crippen LogP contribution >= 0.6 is 11.6 Å². The molecule has 3 nitrogen and oxygen atoms in total. The second-order valence-electron chi connectivity index (χ2n) is 6.31. The average Bonchev–Trinajstić information content (AvgIpc) is 2.68. The first kappa shape index (κ1) is 21.0. The van der Waals surface area contributed by atoms with Gasteiger partial charge in [-0.1, -0.05) is 56.5 Å². The van der Waals surface area contributed by atoms with Gasteiger partial charge in [-0.3, -0.25) is 4.79 Å². The van der Waals surface area contributed by atoms with Crippen LogP contribution in [0.2, 0.25) is 5.02 Å². The maximum absolute atomic E-state index is 12.5. The number of carbonyl (C=O) groups excluding carboxylic acids is 1. The van der Waals surface area contributed by atoms with Gasteiger partial charge in [0.05, 0.1) is 13.2 Å². The van der Waals surface area contributed by atoms with E-state index in [4.69, 9.17) is 21.1 Å². The molecular weight excluding hydrogens is 360 g/mol. The molecule has 0 saturated carbocycles. The van der Waals surface area contributed by atoms with Crippen LogP contribution < -0.4 is 9.47 Å². The average molecular weight is 387 g/mol. The fourth-order valence-corrected chi connectivity index (χ4v) is 2.51. The molecule has 0 spiro atoms. The molecule has 0 aliphatic carbocycles. The number of hydrogen-bond donors (Lipinski definition) is 0. The van der Waals surface area contributed by atoms with Gasteiger partial charge in [-0.15, -0.1) is 0 Å². The second kappa shape index (κ2) is 11.5. The van der Waals surface area contributed by atoms with Gasteiger partial charge in [0.15, 0.2) is 17.3 Å². The van der Waals surface area contributed by atoms with Crippen molar-refractivity contribution in [2.45, 2.75) is 39.5 Å². The second-order valence-corrected chi connectivity index (χ2v) is 6.75. The summed E-state index contributed by atoms with van der Waals surface area (Å²) in [4.78, 5) is 12.5. The number of benzene rings is 2. The molecule has 0 N–H and O–H groups in total. The predicted molar refractivity (Wildman–Crippen MR) is 112 cm³/mol. The Bertz CT molecular complexity index is 751. The highest BCUT2D eigenvalue weighted by molar-refractivity contribution is 6.30. The van der Waals surface area contributed by atoms with Gasteiger partial charge in [-0.2, -0.15) is 0 Å². The summed E-state index contributed by atoms with van der Waals surface area (Å²) in [6.07, 6.45) is 7.41. The van der Waals surface area contributed by atoms with Crippen LogP contribution in [-0.4, -0.2) is 19.0 Å². The predicted octanol–water partition coefficient (Wildman–Crippen LogP) is 6.59. The minimum absolute atomic E-state index is 0.0783. The molecule has 0 atom stereocenters. The minimum atomic E-state index is -0.0783. The van der Waals surface area contributed by atoms with Crippen LogP contribution in [0.25, 0.3) is 6.08 Å². The molecule has 0 unspecified atom stereocenters. The van der Waals surface area contributed by atoms with E-state index < -0.39 is 0 Å². The molecule has 0 aliphatic heterocycles. The maximum atomic E-state index is 12.5. The first-order valence-electron chi connectivity index (χ1n) is 9.51. The van der Waals surface area contributed by atoms with E-state index in [1.165, 1.54) is 0 Å². The van der Waals surface area contributed by atoms with Crippen molar-refractivity contribution in [3.8, 4) is 11.5 Å². The summed E-state index contributed by atoms with van der Waals surface area (Å²) >= 11 is 5.88. The number of ketones is 1. The molecule has 2 rings (SSSR count). The Morgan fingerprint density at radius 1 is 0.926 bits per heavy atom. The molecule has 4 heteroatoms. The summed E-state index contributed by atoms with van der Waals surface area (Å²) in [6, 6.07) is 12.7. The van der Waals surface area contributed by atoms with Crippen molar-refractivity contribution in [3.63, 3.8) is 0 Å². The molecule has 0 radical (unpaired) electrons. The van der Waals surface area contributed by atoms with E-state index in [0.717, 1.165) is 31.2 Å². The highest BCUT2D eigenvalue weighted by Crippen LogP contribution is 2.29. The molecule has 2 aromatic carbocycles. The molecule has 0 amide bonds. The van der Waals surface area contributed by atoms with Gasteiger partial charge >= 0.3 is 0 Å². The lowest BCUT2D eigenvalue weighted by molar-refractivity contribution is 0.104. The zero-order chi connectivity index (χ0) is 19.5. The molecule has 0 bridgehead atoms. The number of halogens is 1. The van der Waals surface area contributed by atoms with Crippen LogP contribution in [0.1, 0.15) is 55.5 Å². The third kappa shape index (κ3) is 7.10. The molecule has 0 aliphatic rings. The Balaban J connectivity index is 2.13. The molecule has 0 fully saturated rings. The Morgan fingerprint density at radius 2 is 1.56 bits per heavy atom. The summed E-state index contributed by atoms with van der Waals surface area (Å²) in [6.45, 7) is 5.49. The number of unbranched alkanes of at least 4 members (excludes halogenated alkanes) is 2. The van der Waals surface area contributed by atoms with E-state index in [-0.39, 0.29) is 5.78 Å². The van der Waals surface area contributed by atoms with Crippen LogP contribution in [0.3, 0.4) is 0 Å². The number of allylic oxidation sites excluding steroid dienone is 1. The molecule has 27 heavy (non-hydrogen) atoms. The van der Waals surface area contributed by atoms with Crippen LogP contribution in [0, 0.1) is 0 Å². The highest BCUT2D eigenvalue weighted by atomic mass is 35.5. The van der Waals surface area contributed by atoms with Gasteiger partial charge in [0.25, 0.3) is 0 Å². The summed E-state index contributed by atoms with van der Waals surface area (Å²) in [5.41, 5.74) is 1.50. The van der Waals surface area contributed by atoms with Crippen LogP contribution in [-0.2, 0) is 0 Å². The lowest BCUT2D eigenvalue weighted by Gasteiger charge is -2.13. The van der Waals surface area contributed by atoms with E-state index in [9.17, 15) is 4.79 Å². The lowest BCUT2D eigenvalue weighted by Crippen LogP contribution is -2.04. The normalized spacial score (nSPS) is 10.9. The number of hydrogen-bond acceptors (Lipinski definition) is 3. The SMILES string of the molecule is CCCCOc1ccc(C(=O)/C=C/c2ccc(Cl)cc2)cc1OCCCC. The van der Waals surface area contributed by atoms with Gasteiger partial charge in [0.2, 0.25) is 0 Å². The Labute approximate surface area is 167 Å². The van der Waals surface area contributed by atoms with Crippen molar-refractivity contribution in [1.82, 2.24) is 0 Å². The van der Waals surface area contributed by atoms with E-state index in [1.807, 2.05) is 18.2 Å². The summed E-state index contributed by atoms with van der Waals surface area (Å²) < 4.78 is 11.7. The quantitative estimate of drug-likeness (QED) is 0.248. The Hall–Kier alpha value is -2.26. The van der Waals surface area contributed by atoms with Crippen molar-refractivity contribution < 1.29 is 14.3 Å². The first-order valence-corrected chi connectivity index (χ1v) is 9.89. The topological polar surface area (TPSA) is 35.5 Å². The van der Waals surface area contributed by atoms with Gasteiger partial charge in [-0.05, 0) is 54.8 Å².